The number of rotatable bonds is 6. The van der Waals surface area contributed by atoms with Crippen molar-refractivity contribution >= 4 is 23.6 Å². The van der Waals surface area contributed by atoms with Gasteiger partial charge in [0.25, 0.3) is 0 Å². The van der Waals surface area contributed by atoms with Crippen LogP contribution in [0.2, 0.25) is 5.02 Å². The minimum atomic E-state index is -0.858. The lowest BCUT2D eigenvalue weighted by Crippen LogP contribution is -2.39. The summed E-state index contributed by atoms with van der Waals surface area (Å²) < 4.78 is 0. The van der Waals surface area contributed by atoms with E-state index in [1.54, 1.807) is 19.1 Å². The number of hydrogen-bond donors (Lipinski definition) is 2. The number of carbonyl (C=O) groups excluding carboxylic acids is 1. The van der Waals surface area contributed by atoms with Crippen molar-refractivity contribution in [2.24, 2.45) is 0 Å². The minimum absolute atomic E-state index is 0.240. The van der Waals surface area contributed by atoms with Gasteiger partial charge in [0.2, 0.25) is 5.91 Å². The number of hydrogen-bond acceptors (Lipinski definition) is 2. The van der Waals surface area contributed by atoms with Gasteiger partial charge in [-0.3, -0.25) is 4.79 Å². The molecule has 0 aliphatic carbocycles. The van der Waals surface area contributed by atoms with Crippen LogP contribution in [0.15, 0.2) is 30.3 Å². The molecule has 1 aromatic carbocycles. The van der Waals surface area contributed by atoms with Gasteiger partial charge in [0.15, 0.2) is 0 Å². The molecule has 2 N–H and O–H groups in total. The number of nitrogens with one attached hydrogen (secondary N) is 1. The van der Waals surface area contributed by atoms with Gasteiger partial charge in [0.05, 0.1) is 5.60 Å². The summed E-state index contributed by atoms with van der Waals surface area (Å²) in [4.78, 5) is 11.6. The minimum Gasteiger partial charge on any atom is -0.388 e. The summed E-state index contributed by atoms with van der Waals surface area (Å²) in [6, 6.07) is 7.29. The summed E-state index contributed by atoms with van der Waals surface area (Å²) in [5.74, 6) is -0.240. The molecule has 0 aliphatic rings. The van der Waals surface area contributed by atoms with Crippen LogP contribution in [0.1, 0.15) is 32.3 Å². The molecule has 1 amide bonds. The van der Waals surface area contributed by atoms with Gasteiger partial charge in [-0.15, -0.1) is 0 Å². The van der Waals surface area contributed by atoms with Crippen molar-refractivity contribution in [3.8, 4) is 0 Å². The van der Waals surface area contributed by atoms with Gasteiger partial charge < -0.3 is 10.4 Å². The molecular formula is C15H20ClNO2. The van der Waals surface area contributed by atoms with Crippen molar-refractivity contribution < 1.29 is 9.90 Å². The Labute approximate surface area is 119 Å². The van der Waals surface area contributed by atoms with Crippen LogP contribution in [0.5, 0.6) is 0 Å². The number of amides is 1. The molecule has 0 fully saturated rings. The highest BCUT2D eigenvalue weighted by molar-refractivity contribution is 6.32. The molecule has 0 saturated heterocycles. The Balaban J connectivity index is 2.50. The fourth-order valence-corrected chi connectivity index (χ4v) is 1.94. The number of carbonyl (C=O) groups is 1. The van der Waals surface area contributed by atoms with Gasteiger partial charge in [-0.1, -0.05) is 43.1 Å². The lowest BCUT2D eigenvalue weighted by molar-refractivity contribution is -0.117. The monoisotopic (exact) mass is 281 g/mol. The van der Waals surface area contributed by atoms with E-state index in [1.807, 2.05) is 25.1 Å². The van der Waals surface area contributed by atoms with Gasteiger partial charge in [-0.2, -0.15) is 0 Å². The van der Waals surface area contributed by atoms with Gasteiger partial charge in [0.1, 0.15) is 0 Å². The first-order chi connectivity index (χ1) is 8.94. The van der Waals surface area contributed by atoms with Gasteiger partial charge in [-0.25, -0.2) is 0 Å². The van der Waals surface area contributed by atoms with Crippen LogP contribution in [0.25, 0.3) is 6.08 Å². The molecule has 0 aliphatic heterocycles. The molecule has 1 atom stereocenters. The number of halogens is 1. The first-order valence-corrected chi connectivity index (χ1v) is 6.75. The molecule has 1 aromatic rings. The van der Waals surface area contributed by atoms with E-state index in [2.05, 4.69) is 5.32 Å². The molecule has 0 bridgehead atoms. The highest BCUT2D eigenvalue weighted by Crippen LogP contribution is 2.16. The Morgan fingerprint density at radius 2 is 2.16 bits per heavy atom. The fraction of sp³-hybridized carbons (Fsp3) is 0.400. The van der Waals surface area contributed by atoms with Crippen molar-refractivity contribution in [1.82, 2.24) is 5.32 Å². The van der Waals surface area contributed by atoms with Crippen molar-refractivity contribution in [3.63, 3.8) is 0 Å². The Hall–Kier alpha value is -1.32. The standard InChI is InChI=1S/C15H20ClNO2/c1-3-10-15(2,19)11-17-14(18)9-8-12-6-4-5-7-13(12)16/h4-9,19H,3,10-11H2,1-2H3,(H,17,18)/b9-8+. The van der Waals surface area contributed by atoms with Crippen LogP contribution in [0.3, 0.4) is 0 Å². The smallest absolute Gasteiger partial charge is 0.244 e. The normalized spacial score (nSPS) is 14.3. The summed E-state index contributed by atoms with van der Waals surface area (Å²) in [5, 5.41) is 13.2. The number of aliphatic hydroxyl groups is 1. The second-order valence-electron chi connectivity index (χ2n) is 4.82. The molecule has 104 valence electrons. The highest BCUT2D eigenvalue weighted by Gasteiger charge is 2.19. The van der Waals surface area contributed by atoms with Crippen molar-refractivity contribution in [2.75, 3.05) is 6.54 Å². The van der Waals surface area contributed by atoms with Gasteiger partial charge in [-0.05, 0) is 31.1 Å². The topological polar surface area (TPSA) is 49.3 Å². The van der Waals surface area contributed by atoms with E-state index in [4.69, 9.17) is 11.6 Å². The van der Waals surface area contributed by atoms with E-state index in [1.165, 1.54) is 6.08 Å². The molecule has 0 spiro atoms. The molecule has 0 heterocycles. The average Bonchev–Trinajstić information content (AvgIpc) is 2.35. The lowest BCUT2D eigenvalue weighted by atomic mass is 10.0. The van der Waals surface area contributed by atoms with Gasteiger partial charge >= 0.3 is 0 Å². The third-order valence-corrected chi connectivity index (χ3v) is 3.10. The lowest BCUT2D eigenvalue weighted by Gasteiger charge is -2.22. The summed E-state index contributed by atoms with van der Waals surface area (Å²) in [7, 11) is 0. The predicted octanol–water partition coefficient (Wildman–Crippen LogP) is 3.02. The van der Waals surface area contributed by atoms with E-state index in [0.717, 1.165) is 12.0 Å². The molecule has 0 aromatic heterocycles. The maximum absolute atomic E-state index is 11.6. The van der Waals surface area contributed by atoms with E-state index < -0.39 is 5.60 Å². The third-order valence-electron chi connectivity index (χ3n) is 2.75. The molecule has 4 heteroatoms. The van der Waals surface area contributed by atoms with E-state index in [-0.39, 0.29) is 12.5 Å². The quantitative estimate of drug-likeness (QED) is 0.788. The molecule has 19 heavy (non-hydrogen) atoms. The molecule has 0 saturated carbocycles. The second kappa shape index (κ2) is 7.31. The zero-order chi connectivity index (χ0) is 14.3. The maximum Gasteiger partial charge on any atom is 0.244 e. The van der Waals surface area contributed by atoms with Crippen molar-refractivity contribution in [1.29, 1.82) is 0 Å². The molecule has 3 nitrogen and oxygen atoms in total. The van der Waals surface area contributed by atoms with Crippen LogP contribution in [0, 0.1) is 0 Å². The number of benzene rings is 1. The van der Waals surface area contributed by atoms with Crippen LogP contribution in [-0.4, -0.2) is 23.2 Å². The zero-order valence-corrected chi connectivity index (χ0v) is 12.1. The molecule has 1 unspecified atom stereocenters. The van der Waals surface area contributed by atoms with Crippen LogP contribution in [0.4, 0.5) is 0 Å². The maximum atomic E-state index is 11.6. The molecule has 1 rings (SSSR count). The Morgan fingerprint density at radius 3 is 2.79 bits per heavy atom. The second-order valence-corrected chi connectivity index (χ2v) is 5.23. The summed E-state index contributed by atoms with van der Waals surface area (Å²) in [6.45, 7) is 3.95. The summed E-state index contributed by atoms with van der Waals surface area (Å²) >= 11 is 5.98. The Kier molecular flexibility index (Phi) is 6.06. The van der Waals surface area contributed by atoms with Crippen molar-refractivity contribution in [3.05, 3.63) is 40.9 Å². The summed E-state index contributed by atoms with van der Waals surface area (Å²) in [6.07, 6.45) is 4.61. The third kappa shape index (κ3) is 5.90. The predicted molar refractivity (Wildman–Crippen MR) is 79.0 cm³/mol. The van der Waals surface area contributed by atoms with Crippen LogP contribution in [-0.2, 0) is 4.79 Å². The first kappa shape index (κ1) is 15.7. The van der Waals surface area contributed by atoms with E-state index in [9.17, 15) is 9.90 Å². The van der Waals surface area contributed by atoms with Crippen LogP contribution >= 0.6 is 11.6 Å². The Bertz CT molecular complexity index is 455. The fourth-order valence-electron chi connectivity index (χ4n) is 1.74. The first-order valence-electron chi connectivity index (χ1n) is 6.37. The largest absolute Gasteiger partial charge is 0.388 e. The zero-order valence-electron chi connectivity index (χ0n) is 11.3. The SMILES string of the molecule is CCCC(C)(O)CNC(=O)/C=C/c1ccccc1Cl. The van der Waals surface area contributed by atoms with E-state index in [0.29, 0.717) is 11.4 Å². The average molecular weight is 282 g/mol. The Morgan fingerprint density at radius 1 is 1.47 bits per heavy atom. The molecule has 0 radical (unpaired) electrons. The van der Waals surface area contributed by atoms with Crippen LogP contribution < -0.4 is 5.32 Å². The van der Waals surface area contributed by atoms with Gasteiger partial charge in [0, 0.05) is 17.6 Å². The van der Waals surface area contributed by atoms with E-state index >= 15 is 0 Å². The summed E-state index contributed by atoms with van der Waals surface area (Å²) in [5.41, 5.74) is -0.0672. The molecular weight excluding hydrogens is 262 g/mol. The van der Waals surface area contributed by atoms with Crippen molar-refractivity contribution in [2.45, 2.75) is 32.3 Å². The highest BCUT2D eigenvalue weighted by atomic mass is 35.5.